The van der Waals surface area contributed by atoms with E-state index in [-0.39, 0.29) is 6.04 Å². The molecule has 0 saturated carbocycles. The molecule has 1 saturated heterocycles. The molecule has 2 aromatic rings. The first-order valence-electron chi connectivity index (χ1n) is 9.81. The number of benzene rings is 2. The van der Waals surface area contributed by atoms with Crippen molar-refractivity contribution in [2.75, 3.05) is 29.9 Å². The number of nitrogens with one attached hydrogen (secondary N) is 2. The highest BCUT2D eigenvalue weighted by molar-refractivity contribution is 7.80. The van der Waals surface area contributed by atoms with Crippen molar-refractivity contribution in [1.29, 1.82) is 0 Å². The predicted molar refractivity (Wildman–Crippen MR) is 118 cm³/mol. The SMILES string of the molecule is CCOc1cccc(NC(=S)NC(C)c2ccc(N3CCCCC3)cc2)c1. The van der Waals surface area contributed by atoms with Crippen LogP contribution in [0, 0.1) is 0 Å². The highest BCUT2D eigenvalue weighted by atomic mass is 32.1. The van der Waals surface area contributed by atoms with Crippen LogP contribution in [0.15, 0.2) is 48.5 Å². The standard InChI is InChI=1S/C22H29N3OS/c1-3-26-21-9-7-8-19(16-21)24-22(27)23-17(2)18-10-12-20(13-11-18)25-14-5-4-6-15-25/h7-13,16-17H,3-6,14-15H2,1-2H3,(H2,23,24,27). The van der Waals surface area contributed by atoms with Gasteiger partial charge in [0.15, 0.2) is 5.11 Å². The second-order valence-corrected chi connectivity index (χ2v) is 7.33. The lowest BCUT2D eigenvalue weighted by Crippen LogP contribution is -2.31. The fourth-order valence-electron chi connectivity index (χ4n) is 3.40. The quantitative estimate of drug-likeness (QED) is 0.677. The highest BCUT2D eigenvalue weighted by Gasteiger charge is 2.12. The Morgan fingerprint density at radius 2 is 1.85 bits per heavy atom. The maximum Gasteiger partial charge on any atom is 0.171 e. The third kappa shape index (κ3) is 5.60. The Balaban J connectivity index is 1.55. The van der Waals surface area contributed by atoms with Gasteiger partial charge in [0.2, 0.25) is 0 Å². The van der Waals surface area contributed by atoms with Crippen LogP contribution in [-0.2, 0) is 0 Å². The first-order valence-corrected chi connectivity index (χ1v) is 10.2. The Hall–Kier alpha value is -2.27. The molecule has 3 rings (SSSR count). The summed E-state index contributed by atoms with van der Waals surface area (Å²) in [5.41, 5.74) is 3.47. The summed E-state index contributed by atoms with van der Waals surface area (Å²) in [5.74, 6) is 0.839. The first kappa shape index (κ1) is 19.5. The van der Waals surface area contributed by atoms with E-state index in [0.717, 1.165) is 11.4 Å². The summed E-state index contributed by atoms with van der Waals surface area (Å²) in [4.78, 5) is 2.48. The number of anilines is 2. The van der Waals surface area contributed by atoms with Crippen LogP contribution in [0.25, 0.3) is 0 Å². The molecule has 0 aliphatic carbocycles. The maximum atomic E-state index is 5.53. The van der Waals surface area contributed by atoms with Gasteiger partial charge in [-0.15, -0.1) is 0 Å². The molecule has 2 aromatic carbocycles. The molecule has 0 bridgehead atoms. The molecule has 1 fully saturated rings. The smallest absolute Gasteiger partial charge is 0.171 e. The summed E-state index contributed by atoms with van der Waals surface area (Å²) in [7, 11) is 0. The largest absolute Gasteiger partial charge is 0.494 e. The van der Waals surface area contributed by atoms with Crippen molar-refractivity contribution in [2.24, 2.45) is 0 Å². The number of hydrogen-bond acceptors (Lipinski definition) is 3. The predicted octanol–water partition coefficient (Wildman–Crippen LogP) is 5.12. The van der Waals surface area contributed by atoms with Crippen molar-refractivity contribution in [2.45, 2.75) is 39.2 Å². The lowest BCUT2D eigenvalue weighted by atomic mass is 10.1. The minimum atomic E-state index is 0.135. The summed E-state index contributed by atoms with van der Waals surface area (Å²) >= 11 is 5.48. The van der Waals surface area contributed by atoms with E-state index in [1.54, 1.807) is 0 Å². The number of hydrogen-bond donors (Lipinski definition) is 2. The minimum Gasteiger partial charge on any atom is -0.494 e. The Morgan fingerprint density at radius 1 is 1.11 bits per heavy atom. The van der Waals surface area contributed by atoms with Crippen molar-refractivity contribution < 1.29 is 4.74 Å². The van der Waals surface area contributed by atoms with E-state index in [2.05, 4.69) is 46.7 Å². The van der Waals surface area contributed by atoms with Crippen LogP contribution < -0.4 is 20.3 Å². The lowest BCUT2D eigenvalue weighted by Gasteiger charge is -2.29. The van der Waals surface area contributed by atoms with Crippen molar-refractivity contribution in [3.8, 4) is 5.75 Å². The normalized spacial score (nSPS) is 15.1. The van der Waals surface area contributed by atoms with Crippen LogP contribution in [0.2, 0.25) is 0 Å². The lowest BCUT2D eigenvalue weighted by molar-refractivity contribution is 0.340. The van der Waals surface area contributed by atoms with Crippen LogP contribution in [-0.4, -0.2) is 24.8 Å². The molecule has 0 aromatic heterocycles. The summed E-state index contributed by atoms with van der Waals surface area (Å²) in [6.45, 7) is 7.09. The summed E-state index contributed by atoms with van der Waals surface area (Å²) in [6.07, 6.45) is 3.95. The van der Waals surface area contributed by atoms with Gasteiger partial charge in [-0.2, -0.15) is 0 Å². The van der Waals surface area contributed by atoms with Gasteiger partial charge in [-0.05, 0) is 75.2 Å². The van der Waals surface area contributed by atoms with Gasteiger partial charge < -0.3 is 20.3 Å². The number of piperidine rings is 1. The molecule has 1 unspecified atom stereocenters. The molecule has 1 heterocycles. The first-order chi connectivity index (χ1) is 13.2. The van der Waals surface area contributed by atoms with Gasteiger partial charge in [-0.25, -0.2) is 0 Å². The van der Waals surface area contributed by atoms with E-state index in [9.17, 15) is 0 Å². The van der Waals surface area contributed by atoms with Crippen LogP contribution >= 0.6 is 12.2 Å². The molecule has 5 heteroatoms. The molecule has 0 amide bonds. The van der Waals surface area contributed by atoms with Crippen molar-refractivity contribution in [3.05, 3.63) is 54.1 Å². The fraction of sp³-hybridized carbons (Fsp3) is 0.409. The molecule has 2 N–H and O–H groups in total. The van der Waals surface area contributed by atoms with Crippen molar-refractivity contribution >= 4 is 28.7 Å². The van der Waals surface area contributed by atoms with Crippen molar-refractivity contribution in [3.63, 3.8) is 0 Å². The Morgan fingerprint density at radius 3 is 2.56 bits per heavy atom. The minimum absolute atomic E-state index is 0.135. The van der Waals surface area contributed by atoms with E-state index in [1.807, 2.05) is 31.2 Å². The van der Waals surface area contributed by atoms with Gasteiger partial charge in [0.05, 0.1) is 12.6 Å². The van der Waals surface area contributed by atoms with E-state index < -0.39 is 0 Å². The maximum absolute atomic E-state index is 5.53. The monoisotopic (exact) mass is 383 g/mol. The van der Waals surface area contributed by atoms with E-state index in [4.69, 9.17) is 17.0 Å². The summed E-state index contributed by atoms with van der Waals surface area (Å²) in [5, 5.41) is 7.21. The zero-order valence-corrected chi connectivity index (χ0v) is 17.0. The molecule has 144 valence electrons. The molecular formula is C22H29N3OS. The fourth-order valence-corrected chi connectivity index (χ4v) is 3.70. The average Bonchev–Trinajstić information content (AvgIpc) is 2.69. The van der Waals surface area contributed by atoms with Gasteiger partial charge >= 0.3 is 0 Å². The van der Waals surface area contributed by atoms with Gasteiger partial charge in [0.25, 0.3) is 0 Å². The van der Waals surface area contributed by atoms with Crippen LogP contribution in [0.5, 0.6) is 5.75 Å². The van der Waals surface area contributed by atoms with E-state index in [0.29, 0.717) is 11.7 Å². The van der Waals surface area contributed by atoms with Gasteiger partial charge in [-0.3, -0.25) is 0 Å². The number of rotatable bonds is 6. The number of ether oxygens (including phenoxy) is 1. The number of nitrogens with zero attached hydrogens (tertiary/aromatic N) is 1. The molecule has 0 radical (unpaired) electrons. The van der Waals surface area contributed by atoms with Crippen molar-refractivity contribution in [1.82, 2.24) is 5.32 Å². The highest BCUT2D eigenvalue weighted by Crippen LogP contribution is 2.23. The molecule has 27 heavy (non-hydrogen) atoms. The average molecular weight is 384 g/mol. The summed E-state index contributed by atoms with van der Waals surface area (Å²) in [6, 6.07) is 16.8. The molecule has 0 spiro atoms. The number of thiocarbonyl (C=S) groups is 1. The Kier molecular flexibility index (Phi) is 6.93. The van der Waals surface area contributed by atoms with Gasteiger partial charge in [0.1, 0.15) is 5.75 Å². The van der Waals surface area contributed by atoms with Crippen LogP contribution in [0.1, 0.15) is 44.7 Å². The second kappa shape index (κ2) is 9.60. The van der Waals surface area contributed by atoms with Crippen LogP contribution in [0.3, 0.4) is 0 Å². The zero-order valence-electron chi connectivity index (χ0n) is 16.2. The molecule has 1 aliphatic heterocycles. The summed E-state index contributed by atoms with van der Waals surface area (Å²) < 4.78 is 5.53. The molecule has 1 aliphatic rings. The van der Waals surface area contributed by atoms with Gasteiger partial charge in [-0.1, -0.05) is 18.2 Å². The third-order valence-electron chi connectivity index (χ3n) is 4.86. The zero-order chi connectivity index (χ0) is 19.1. The molecular weight excluding hydrogens is 354 g/mol. The second-order valence-electron chi connectivity index (χ2n) is 6.92. The van der Waals surface area contributed by atoms with Gasteiger partial charge in [0, 0.05) is 30.5 Å². The third-order valence-corrected chi connectivity index (χ3v) is 5.08. The molecule has 4 nitrogen and oxygen atoms in total. The molecule has 1 atom stereocenters. The van der Waals surface area contributed by atoms with E-state index >= 15 is 0 Å². The topological polar surface area (TPSA) is 36.5 Å². The Bertz CT molecular complexity index is 741. The van der Waals surface area contributed by atoms with E-state index in [1.165, 1.54) is 43.6 Å². The van der Waals surface area contributed by atoms with Crippen LogP contribution in [0.4, 0.5) is 11.4 Å². The Labute approximate surface area is 167 Å².